The Labute approximate surface area is 96.1 Å². The summed E-state index contributed by atoms with van der Waals surface area (Å²) in [5.74, 6) is -1.56. The quantitative estimate of drug-likeness (QED) is 0.760. The van der Waals surface area contributed by atoms with E-state index in [4.69, 9.17) is 0 Å². The van der Waals surface area contributed by atoms with Gasteiger partial charge in [0.2, 0.25) is 0 Å². The van der Waals surface area contributed by atoms with Gasteiger partial charge in [0.15, 0.2) is 11.6 Å². The first kappa shape index (κ1) is 13.1. The molecule has 0 fully saturated rings. The normalized spacial score (nSPS) is 11.8. The van der Waals surface area contributed by atoms with Crippen LogP contribution in [0.1, 0.15) is 33.3 Å². The molecule has 0 radical (unpaired) electrons. The second-order valence-corrected chi connectivity index (χ2v) is 4.61. The molecular weight excluding hydrogens is 208 g/mol. The van der Waals surface area contributed by atoms with Gasteiger partial charge in [-0.15, -0.1) is 0 Å². The molecule has 0 unspecified atom stereocenters. The summed E-state index contributed by atoms with van der Waals surface area (Å²) in [6.45, 7) is 9.03. The van der Waals surface area contributed by atoms with Crippen LogP contribution in [0.5, 0.6) is 0 Å². The van der Waals surface area contributed by atoms with Crippen molar-refractivity contribution in [3.63, 3.8) is 0 Å². The van der Waals surface area contributed by atoms with Gasteiger partial charge in [-0.25, -0.2) is 8.78 Å². The van der Waals surface area contributed by atoms with Gasteiger partial charge in [0, 0.05) is 18.6 Å². The van der Waals surface area contributed by atoms with Gasteiger partial charge in [-0.3, -0.25) is 4.90 Å². The Hall–Kier alpha value is -0.960. The van der Waals surface area contributed by atoms with Crippen LogP contribution in [-0.4, -0.2) is 17.0 Å². The monoisotopic (exact) mass is 227 g/mol. The van der Waals surface area contributed by atoms with E-state index in [2.05, 4.69) is 32.6 Å². The van der Waals surface area contributed by atoms with E-state index >= 15 is 0 Å². The zero-order valence-electron chi connectivity index (χ0n) is 10.3. The second kappa shape index (κ2) is 5.39. The molecule has 0 aromatic heterocycles. The number of hydrogen-bond donors (Lipinski definition) is 0. The number of halogens is 2. The molecular formula is C13H19F2N. The molecule has 1 rings (SSSR count). The molecule has 0 saturated carbocycles. The molecule has 0 aliphatic heterocycles. The van der Waals surface area contributed by atoms with E-state index < -0.39 is 11.6 Å². The third-order valence-electron chi connectivity index (χ3n) is 2.68. The molecule has 0 atom stereocenters. The molecule has 0 heterocycles. The molecule has 1 aromatic carbocycles. The summed E-state index contributed by atoms with van der Waals surface area (Å²) in [7, 11) is 0. The summed E-state index contributed by atoms with van der Waals surface area (Å²) in [6, 6.07) is 4.86. The summed E-state index contributed by atoms with van der Waals surface area (Å²) in [6.07, 6.45) is 0. The Bertz CT molecular complexity index is 340. The first-order valence-electron chi connectivity index (χ1n) is 5.61. The van der Waals surface area contributed by atoms with Crippen molar-refractivity contribution in [2.75, 3.05) is 0 Å². The van der Waals surface area contributed by atoms with Gasteiger partial charge >= 0.3 is 0 Å². The lowest BCUT2D eigenvalue weighted by Gasteiger charge is -2.30. The lowest BCUT2D eigenvalue weighted by atomic mass is 10.1. The van der Waals surface area contributed by atoms with Gasteiger partial charge in [-0.05, 0) is 45.4 Å². The highest BCUT2D eigenvalue weighted by Gasteiger charge is 2.14. The molecule has 0 bridgehead atoms. The van der Waals surface area contributed by atoms with E-state index in [-0.39, 0.29) is 0 Å². The zero-order chi connectivity index (χ0) is 12.3. The Morgan fingerprint density at radius 1 is 1.00 bits per heavy atom. The molecule has 0 aliphatic carbocycles. The first-order chi connectivity index (χ1) is 7.41. The van der Waals surface area contributed by atoms with Crippen LogP contribution in [0, 0.1) is 11.6 Å². The summed E-state index contributed by atoms with van der Waals surface area (Å²) in [5, 5.41) is 0. The molecule has 1 nitrogen and oxygen atoms in total. The predicted octanol–water partition coefficient (Wildman–Crippen LogP) is 3.58. The van der Waals surface area contributed by atoms with Crippen molar-refractivity contribution in [3.8, 4) is 0 Å². The summed E-state index contributed by atoms with van der Waals surface area (Å²) >= 11 is 0. The topological polar surface area (TPSA) is 3.24 Å². The van der Waals surface area contributed by atoms with Crippen LogP contribution in [-0.2, 0) is 6.54 Å². The minimum Gasteiger partial charge on any atom is -0.294 e. The molecule has 0 aliphatic rings. The molecule has 0 saturated heterocycles. The number of benzene rings is 1. The minimum atomic E-state index is -0.788. The molecule has 0 N–H and O–H groups in total. The molecule has 1 aromatic rings. The maximum atomic E-state index is 13.0. The second-order valence-electron chi connectivity index (χ2n) is 4.61. The Balaban J connectivity index is 2.81. The lowest BCUT2D eigenvalue weighted by molar-refractivity contribution is 0.165. The maximum absolute atomic E-state index is 13.0. The van der Waals surface area contributed by atoms with Gasteiger partial charge in [0.1, 0.15) is 0 Å². The van der Waals surface area contributed by atoms with Crippen LogP contribution in [0.3, 0.4) is 0 Å². The Kier molecular flexibility index (Phi) is 4.42. The predicted molar refractivity (Wildman–Crippen MR) is 62.2 cm³/mol. The van der Waals surface area contributed by atoms with Crippen LogP contribution in [0.25, 0.3) is 0 Å². The fourth-order valence-electron chi connectivity index (χ4n) is 1.81. The van der Waals surface area contributed by atoms with Crippen molar-refractivity contribution < 1.29 is 8.78 Å². The SMILES string of the molecule is CC(C)N(Cc1ccc(F)c(F)c1)C(C)C. The fourth-order valence-corrected chi connectivity index (χ4v) is 1.81. The average molecular weight is 227 g/mol. The standard InChI is InChI=1S/C13H19F2N/c1-9(2)16(10(3)4)8-11-5-6-12(14)13(15)7-11/h5-7,9-10H,8H2,1-4H3. The number of rotatable bonds is 4. The molecule has 0 spiro atoms. The molecule has 16 heavy (non-hydrogen) atoms. The fraction of sp³-hybridized carbons (Fsp3) is 0.538. The van der Waals surface area contributed by atoms with Crippen LogP contribution < -0.4 is 0 Å². The van der Waals surface area contributed by atoms with Crippen molar-refractivity contribution in [2.45, 2.75) is 46.3 Å². The highest BCUT2D eigenvalue weighted by Crippen LogP contribution is 2.14. The summed E-state index contributed by atoms with van der Waals surface area (Å²) < 4.78 is 25.8. The molecule has 3 heteroatoms. The van der Waals surface area contributed by atoms with Crippen LogP contribution >= 0.6 is 0 Å². The number of hydrogen-bond acceptors (Lipinski definition) is 1. The van der Waals surface area contributed by atoms with Gasteiger partial charge in [-0.2, -0.15) is 0 Å². The smallest absolute Gasteiger partial charge is 0.159 e. The zero-order valence-corrected chi connectivity index (χ0v) is 10.3. The Morgan fingerprint density at radius 2 is 1.56 bits per heavy atom. The van der Waals surface area contributed by atoms with Crippen LogP contribution in [0.2, 0.25) is 0 Å². The largest absolute Gasteiger partial charge is 0.294 e. The van der Waals surface area contributed by atoms with E-state index in [0.29, 0.717) is 18.6 Å². The highest BCUT2D eigenvalue weighted by molar-refractivity contribution is 5.17. The third-order valence-corrected chi connectivity index (χ3v) is 2.68. The van der Waals surface area contributed by atoms with Crippen molar-refractivity contribution in [1.29, 1.82) is 0 Å². The van der Waals surface area contributed by atoms with E-state index in [1.165, 1.54) is 12.1 Å². The van der Waals surface area contributed by atoms with Gasteiger partial charge < -0.3 is 0 Å². The number of nitrogens with zero attached hydrogens (tertiary/aromatic N) is 1. The van der Waals surface area contributed by atoms with Gasteiger partial charge in [0.25, 0.3) is 0 Å². The summed E-state index contributed by atoms with van der Waals surface area (Å²) in [5.41, 5.74) is 0.807. The van der Waals surface area contributed by atoms with Gasteiger partial charge in [-0.1, -0.05) is 6.07 Å². The summed E-state index contributed by atoms with van der Waals surface area (Å²) in [4.78, 5) is 2.23. The maximum Gasteiger partial charge on any atom is 0.159 e. The highest BCUT2D eigenvalue weighted by atomic mass is 19.2. The lowest BCUT2D eigenvalue weighted by Crippen LogP contribution is -2.36. The Morgan fingerprint density at radius 3 is 2.00 bits per heavy atom. The third kappa shape index (κ3) is 3.27. The van der Waals surface area contributed by atoms with E-state index in [1.54, 1.807) is 6.07 Å². The van der Waals surface area contributed by atoms with Crippen molar-refractivity contribution in [3.05, 3.63) is 35.4 Å². The first-order valence-corrected chi connectivity index (χ1v) is 5.61. The van der Waals surface area contributed by atoms with E-state index in [9.17, 15) is 8.78 Å². The van der Waals surface area contributed by atoms with Crippen molar-refractivity contribution >= 4 is 0 Å². The van der Waals surface area contributed by atoms with Crippen LogP contribution in [0.15, 0.2) is 18.2 Å². The van der Waals surface area contributed by atoms with Crippen molar-refractivity contribution in [2.24, 2.45) is 0 Å². The van der Waals surface area contributed by atoms with E-state index in [1.807, 2.05) is 0 Å². The van der Waals surface area contributed by atoms with Crippen LogP contribution in [0.4, 0.5) is 8.78 Å². The average Bonchev–Trinajstić information content (AvgIpc) is 2.18. The van der Waals surface area contributed by atoms with E-state index in [0.717, 1.165) is 5.56 Å². The molecule has 90 valence electrons. The minimum absolute atomic E-state index is 0.383. The van der Waals surface area contributed by atoms with Gasteiger partial charge in [0.05, 0.1) is 0 Å². The van der Waals surface area contributed by atoms with Crippen molar-refractivity contribution in [1.82, 2.24) is 4.90 Å². The molecule has 0 amide bonds.